The SMILES string of the molecule is CC(C)C1=C2[C@H]3CC[C@@H]4[C@@]5(C)CC[C@H](OC(=O)CC(C)(C)C(=O)O)C(C)(C)[C@@H]5CC[C@@]4(C)[C@]3(C)CC[C@@]2([C@H](O)CC(=O)NC2CCCCC2)CC1=O. The van der Waals surface area contributed by atoms with Gasteiger partial charge >= 0.3 is 11.9 Å². The van der Waals surface area contributed by atoms with E-state index in [1.165, 1.54) is 12.0 Å². The van der Waals surface area contributed by atoms with Crippen LogP contribution in [0.1, 0.15) is 165 Å². The third kappa shape index (κ3) is 6.11. The van der Waals surface area contributed by atoms with Gasteiger partial charge in [-0.3, -0.25) is 19.2 Å². The number of fused-ring (bicyclic) bond motifs is 7. The summed E-state index contributed by atoms with van der Waals surface area (Å²) in [6.07, 6.45) is 12.1. The summed E-state index contributed by atoms with van der Waals surface area (Å²) in [6.45, 7) is 19.4. The molecular formula is C44H69NO7. The van der Waals surface area contributed by atoms with Crippen LogP contribution < -0.4 is 5.32 Å². The van der Waals surface area contributed by atoms with Crippen molar-refractivity contribution in [2.75, 3.05) is 0 Å². The number of aliphatic hydroxyl groups is 1. The van der Waals surface area contributed by atoms with Crippen LogP contribution in [0.5, 0.6) is 0 Å². The molecule has 0 bridgehead atoms. The van der Waals surface area contributed by atoms with Gasteiger partial charge in [-0.2, -0.15) is 0 Å². The van der Waals surface area contributed by atoms with E-state index < -0.39 is 28.9 Å². The number of hydrogen-bond donors (Lipinski definition) is 3. The molecule has 0 saturated heterocycles. The number of esters is 1. The fraction of sp³-hybridized carbons (Fsp3) is 0.864. The topological polar surface area (TPSA) is 130 Å². The lowest BCUT2D eigenvalue weighted by Crippen LogP contribution is -2.66. The first-order valence-corrected chi connectivity index (χ1v) is 20.8. The highest BCUT2D eigenvalue weighted by atomic mass is 16.5. The molecule has 0 spiro atoms. The van der Waals surface area contributed by atoms with Crippen molar-refractivity contribution in [3.05, 3.63) is 11.1 Å². The first-order valence-electron chi connectivity index (χ1n) is 20.8. The molecular weight excluding hydrogens is 654 g/mol. The lowest BCUT2D eigenvalue weighted by Gasteiger charge is -2.72. The Morgan fingerprint density at radius 2 is 1.54 bits per heavy atom. The largest absolute Gasteiger partial charge is 0.481 e. The molecule has 0 aromatic carbocycles. The number of aliphatic carboxylic acids is 1. The highest BCUT2D eigenvalue weighted by Crippen LogP contribution is 2.77. The average molecular weight is 724 g/mol. The van der Waals surface area contributed by atoms with Crippen molar-refractivity contribution in [2.45, 2.75) is 183 Å². The molecule has 1 amide bonds. The summed E-state index contributed by atoms with van der Waals surface area (Å²) in [6, 6.07) is 0.190. The molecule has 6 aliphatic carbocycles. The van der Waals surface area contributed by atoms with Gasteiger partial charge < -0.3 is 20.3 Å². The van der Waals surface area contributed by atoms with Crippen LogP contribution >= 0.6 is 0 Å². The molecule has 0 unspecified atom stereocenters. The Morgan fingerprint density at radius 1 is 0.865 bits per heavy atom. The van der Waals surface area contributed by atoms with Crippen molar-refractivity contribution in [2.24, 2.45) is 56.2 Å². The highest BCUT2D eigenvalue weighted by molar-refractivity contribution is 6.01. The summed E-state index contributed by atoms with van der Waals surface area (Å²) in [5.41, 5.74) is 0.0221. The van der Waals surface area contributed by atoms with Crippen molar-refractivity contribution >= 4 is 23.6 Å². The second kappa shape index (κ2) is 13.5. The van der Waals surface area contributed by atoms with Crippen LogP contribution in [0.25, 0.3) is 0 Å². The maximum absolute atomic E-state index is 14.0. The van der Waals surface area contributed by atoms with Gasteiger partial charge in [-0.25, -0.2) is 0 Å². The summed E-state index contributed by atoms with van der Waals surface area (Å²) in [4.78, 5) is 52.3. The van der Waals surface area contributed by atoms with E-state index in [1.54, 1.807) is 13.8 Å². The number of ketones is 1. The van der Waals surface area contributed by atoms with Crippen molar-refractivity contribution in [3.63, 3.8) is 0 Å². The van der Waals surface area contributed by atoms with Crippen LogP contribution in [0.15, 0.2) is 11.1 Å². The molecule has 0 aliphatic heterocycles. The maximum Gasteiger partial charge on any atom is 0.309 e. The molecule has 5 saturated carbocycles. The van der Waals surface area contributed by atoms with Gasteiger partial charge in [0, 0.05) is 23.3 Å². The van der Waals surface area contributed by atoms with Crippen LogP contribution in [-0.4, -0.2) is 52.1 Å². The number of allylic oxidation sites excluding steroid dienone is 1. The minimum atomic E-state index is -1.17. The maximum atomic E-state index is 14.0. The fourth-order valence-corrected chi connectivity index (χ4v) is 13.8. The van der Waals surface area contributed by atoms with Gasteiger partial charge in [-0.15, -0.1) is 0 Å². The van der Waals surface area contributed by atoms with E-state index in [4.69, 9.17) is 4.74 Å². The Labute approximate surface area is 313 Å². The second-order valence-corrected chi connectivity index (χ2v) is 20.7. The Kier molecular flexibility index (Phi) is 10.3. The molecule has 6 aliphatic rings. The number of Topliss-reactive ketones (excluding diaryl/α,β-unsaturated/α-hetero) is 1. The molecule has 292 valence electrons. The van der Waals surface area contributed by atoms with E-state index in [-0.39, 0.29) is 70.2 Å². The number of carboxylic acids is 1. The van der Waals surface area contributed by atoms with Crippen LogP contribution in [0.3, 0.4) is 0 Å². The summed E-state index contributed by atoms with van der Waals surface area (Å²) in [5, 5.41) is 25.0. The van der Waals surface area contributed by atoms with Crippen molar-refractivity contribution < 1.29 is 34.1 Å². The van der Waals surface area contributed by atoms with Crippen molar-refractivity contribution in [3.8, 4) is 0 Å². The first kappa shape index (κ1) is 39.5. The molecule has 6 rings (SSSR count). The normalized spacial score (nSPS) is 39.6. The standard InChI is InChI=1S/C44H69NO7/c1-26(2)36-29(46)24-44(32(47)23-34(48)45-27-13-11-10-12-14-27)22-21-42(8)28(37(36)44)15-16-31-41(7)19-18-33(52-35(49)25-39(3,4)38(50)51)40(5,6)30(41)17-20-43(31,42)9/h26-28,30-33,47H,10-25H2,1-9H3,(H,45,48)(H,50,51)/t28-,30+,31-,32-,33+,41+,42-,43-,44+/m1/s1. The molecule has 0 radical (unpaired) electrons. The molecule has 0 aromatic heterocycles. The number of carboxylic acid groups (broad SMARTS) is 1. The zero-order chi connectivity index (χ0) is 38.2. The average Bonchev–Trinajstić information content (AvgIpc) is 3.36. The predicted molar refractivity (Wildman–Crippen MR) is 201 cm³/mol. The van der Waals surface area contributed by atoms with Gasteiger partial charge in [0.2, 0.25) is 5.91 Å². The van der Waals surface area contributed by atoms with E-state index in [2.05, 4.69) is 53.8 Å². The third-order valence-electron chi connectivity index (χ3n) is 16.8. The lowest BCUT2D eigenvalue weighted by atomic mass is 9.33. The van der Waals surface area contributed by atoms with Crippen molar-refractivity contribution in [1.82, 2.24) is 5.32 Å². The van der Waals surface area contributed by atoms with Gasteiger partial charge in [0.1, 0.15) is 6.10 Å². The highest BCUT2D eigenvalue weighted by Gasteiger charge is 2.71. The van der Waals surface area contributed by atoms with Crippen LogP contribution in [0, 0.1) is 56.2 Å². The number of aliphatic hydroxyl groups excluding tert-OH is 1. The fourth-order valence-electron chi connectivity index (χ4n) is 13.8. The molecule has 9 atom stereocenters. The summed E-state index contributed by atoms with van der Waals surface area (Å²) in [7, 11) is 0. The van der Waals surface area contributed by atoms with Gasteiger partial charge in [0.15, 0.2) is 5.78 Å². The quantitative estimate of drug-likeness (QED) is 0.203. The number of hydrogen-bond acceptors (Lipinski definition) is 6. The second-order valence-electron chi connectivity index (χ2n) is 20.7. The number of rotatable bonds is 9. The Bertz CT molecular complexity index is 1490. The van der Waals surface area contributed by atoms with E-state index in [0.717, 1.165) is 82.6 Å². The molecule has 52 heavy (non-hydrogen) atoms. The summed E-state index contributed by atoms with van der Waals surface area (Å²) >= 11 is 0. The Balaban J connectivity index is 1.26. The number of carbonyl (C=O) groups excluding carboxylic acids is 3. The zero-order valence-electron chi connectivity index (χ0n) is 33.8. The molecule has 0 heterocycles. The van der Waals surface area contributed by atoms with E-state index >= 15 is 0 Å². The molecule has 5 fully saturated rings. The molecule has 3 N–H and O–H groups in total. The molecule has 8 nitrogen and oxygen atoms in total. The Morgan fingerprint density at radius 3 is 2.17 bits per heavy atom. The monoisotopic (exact) mass is 724 g/mol. The van der Waals surface area contributed by atoms with Gasteiger partial charge in [0.25, 0.3) is 0 Å². The molecule has 0 aromatic rings. The summed E-state index contributed by atoms with van der Waals surface area (Å²) < 4.78 is 6.16. The van der Waals surface area contributed by atoms with Crippen LogP contribution in [0.2, 0.25) is 0 Å². The number of nitrogens with one attached hydrogen (secondary N) is 1. The zero-order valence-corrected chi connectivity index (χ0v) is 33.8. The number of ether oxygens (including phenoxy) is 1. The minimum absolute atomic E-state index is 0.0163. The van der Waals surface area contributed by atoms with E-state index in [0.29, 0.717) is 18.3 Å². The predicted octanol–water partition coefficient (Wildman–Crippen LogP) is 8.58. The summed E-state index contributed by atoms with van der Waals surface area (Å²) in [5.74, 6) is -0.276. The minimum Gasteiger partial charge on any atom is -0.481 e. The van der Waals surface area contributed by atoms with Crippen LogP contribution in [0.4, 0.5) is 0 Å². The third-order valence-corrected chi connectivity index (χ3v) is 16.8. The van der Waals surface area contributed by atoms with Gasteiger partial charge in [-0.05, 0) is 124 Å². The lowest BCUT2D eigenvalue weighted by molar-refractivity contribution is -0.235. The number of amides is 1. The van der Waals surface area contributed by atoms with Crippen molar-refractivity contribution in [1.29, 1.82) is 0 Å². The number of carbonyl (C=O) groups is 4. The van der Waals surface area contributed by atoms with E-state index in [1.807, 2.05) is 0 Å². The Hall–Kier alpha value is -2.22. The van der Waals surface area contributed by atoms with Gasteiger partial charge in [0.05, 0.1) is 24.4 Å². The van der Waals surface area contributed by atoms with Gasteiger partial charge in [-0.1, -0.05) is 73.3 Å². The molecule has 8 heteroatoms. The van der Waals surface area contributed by atoms with E-state index in [9.17, 15) is 29.4 Å². The van der Waals surface area contributed by atoms with Crippen LogP contribution in [-0.2, 0) is 23.9 Å². The smallest absolute Gasteiger partial charge is 0.309 e. The first-order chi connectivity index (χ1) is 24.1.